The van der Waals surface area contributed by atoms with Crippen molar-refractivity contribution in [3.8, 4) is 0 Å². The molecule has 5 nitrogen and oxygen atoms in total. The first-order valence-electron chi connectivity index (χ1n) is 9.11. The summed E-state index contributed by atoms with van der Waals surface area (Å²) in [6.07, 6.45) is 4.47. The second-order valence-electron chi connectivity index (χ2n) is 7.98. The van der Waals surface area contributed by atoms with Crippen LogP contribution in [0.4, 0.5) is 0 Å². The third kappa shape index (κ3) is 2.49. The van der Waals surface area contributed by atoms with E-state index in [0.717, 1.165) is 30.4 Å². The van der Waals surface area contributed by atoms with Gasteiger partial charge in [0.25, 0.3) is 0 Å². The Morgan fingerprint density at radius 3 is 2.62 bits per heavy atom. The summed E-state index contributed by atoms with van der Waals surface area (Å²) < 4.78 is 17.3. The molecule has 24 heavy (non-hydrogen) atoms. The predicted octanol–water partition coefficient (Wildman–Crippen LogP) is 2.57. The minimum atomic E-state index is -0.575. The largest absolute Gasteiger partial charge is 0.365 e. The Balaban J connectivity index is 1.58. The molecule has 2 aliphatic heterocycles. The monoisotopic (exact) mass is 334 g/mol. The molecule has 2 saturated carbocycles. The molecule has 1 saturated heterocycles. The number of ketones is 2. The molecular formula is C19H26O5. The molecule has 5 heteroatoms. The van der Waals surface area contributed by atoms with Crippen LogP contribution in [0.1, 0.15) is 52.4 Å². The fourth-order valence-electron chi connectivity index (χ4n) is 5.01. The van der Waals surface area contributed by atoms with Gasteiger partial charge in [0.15, 0.2) is 11.6 Å². The van der Waals surface area contributed by atoms with Crippen molar-refractivity contribution in [1.82, 2.24) is 0 Å². The number of hydrogen-bond donors (Lipinski definition) is 0. The molecule has 2 heterocycles. The van der Waals surface area contributed by atoms with Gasteiger partial charge < -0.3 is 14.2 Å². The Labute approximate surface area is 142 Å². The maximum Gasteiger partial charge on any atom is 0.184 e. The van der Waals surface area contributed by atoms with Gasteiger partial charge in [-0.15, -0.1) is 0 Å². The lowest BCUT2D eigenvalue weighted by Crippen LogP contribution is -2.46. The number of hydrogen-bond acceptors (Lipinski definition) is 5. The van der Waals surface area contributed by atoms with Crippen molar-refractivity contribution in [2.24, 2.45) is 11.3 Å². The van der Waals surface area contributed by atoms with Crippen molar-refractivity contribution in [2.45, 2.75) is 64.3 Å². The minimum Gasteiger partial charge on any atom is -0.365 e. The van der Waals surface area contributed by atoms with E-state index in [1.807, 2.05) is 6.92 Å². The van der Waals surface area contributed by atoms with Crippen LogP contribution < -0.4 is 0 Å². The summed E-state index contributed by atoms with van der Waals surface area (Å²) in [7, 11) is 0. The van der Waals surface area contributed by atoms with Gasteiger partial charge >= 0.3 is 0 Å². The molecule has 0 aromatic rings. The first-order chi connectivity index (χ1) is 11.4. The Kier molecular flexibility index (Phi) is 3.94. The molecule has 3 fully saturated rings. The molecule has 0 bridgehead atoms. The predicted molar refractivity (Wildman–Crippen MR) is 86.4 cm³/mol. The lowest BCUT2D eigenvalue weighted by molar-refractivity contribution is -0.147. The van der Waals surface area contributed by atoms with Crippen molar-refractivity contribution in [3.63, 3.8) is 0 Å². The van der Waals surface area contributed by atoms with Gasteiger partial charge in [-0.1, -0.05) is 6.92 Å². The van der Waals surface area contributed by atoms with Gasteiger partial charge in [0, 0.05) is 24.2 Å². The van der Waals surface area contributed by atoms with Gasteiger partial charge in [0.05, 0.1) is 19.3 Å². The highest BCUT2D eigenvalue weighted by molar-refractivity contribution is 5.98. The summed E-state index contributed by atoms with van der Waals surface area (Å²) in [4.78, 5) is 24.8. The van der Waals surface area contributed by atoms with Crippen LogP contribution in [0.2, 0.25) is 0 Å². The molecule has 0 aromatic heterocycles. The van der Waals surface area contributed by atoms with Crippen molar-refractivity contribution < 1.29 is 23.8 Å². The molecule has 4 rings (SSSR count). The molecule has 3 unspecified atom stereocenters. The van der Waals surface area contributed by atoms with Gasteiger partial charge in [0.2, 0.25) is 0 Å². The molecule has 4 aliphatic rings. The van der Waals surface area contributed by atoms with E-state index in [-0.39, 0.29) is 29.8 Å². The number of rotatable bonds is 3. The first-order valence-corrected chi connectivity index (χ1v) is 9.11. The number of Topliss-reactive ketones (excluding diaryl/α,β-unsaturated/α-hetero) is 2. The topological polar surface area (TPSA) is 61.8 Å². The fourth-order valence-corrected chi connectivity index (χ4v) is 5.01. The van der Waals surface area contributed by atoms with E-state index in [1.165, 1.54) is 0 Å². The SMILES string of the molecule is CC1(CCC2=C3CCC4(C)C(=O)CCC4C3OCC2=O)OCCO1. The van der Waals surface area contributed by atoms with Crippen LogP contribution in [0, 0.1) is 11.3 Å². The molecule has 132 valence electrons. The summed E-state index contributed by atoms with van der Waals surface area (Å²) in [6, 6.07) is 0. The van der Waals surface area contributed by atoms with Crippen LogP contribution in [-0.4, -0.2) is 43.3 Å². The molecule has 0 N–H and O–H groups in total. The maximum absolute atomic E-state index is 12.5. The van der Waals surface area contributed by atoms with Gasteiger partial charge in [-0.25, -0.2) is 0 Å². The smallest absolute Gasteiger partial charge is 0.184 e. The maximum atomic E-state index is 12.5. The van der Waals surface area contributed by atoms with Crippen molar-refractivity contribution in [1.29, 1.82) is 0 Å². The molecule has 0 spiro atoms. The van der Waals surface area contributed by atoms with Crippen molar-refractivity contribution >= 4 is 11.6 Å². The standard InChI is InChI=1S/C19H26O5/c1-18-7-5-13-12(6-8-19(2)23-9-10-24-19)15(20)11-22-17(13)14(18)3-4-16(18)21/h14,17H,3-11H2,1-2H3. The van der Waals surface area contributed by atoms with Gasteiger partial charge in [-0.2, -0.15) is 0 Å². The lowest BCUT2D eigenvalue weighted by atomic mass is 9.64. The Hall–Kier alpha value is -1.04. The van der Waals surface area contributed by atoms with Crippen LogP contribution in [0.25, 0.3) is 0 Å². The summed E-state index contributed by atoms with van der Waals surface area (Å²) >= 11 is 0. The highest BCUT2D eigenvalue weighted by atomic mass is 16.7. The van der Waals surface area contributed by atoms with E-state index in [4.69, 9.17) is 14.2 Å². The highest BCUT2D eigenvalue weighted by Crippen LogP contribution is 2.54. The lowest BCUT2D eigenvalue weighted by Gasteiger charge is -2.44. The molecular weight excluding hydrogens is 308 g/mol. The molecule has 0 radical (unpaired) electrons. The first kappa shape index (κ1) is 16.4. The zero-order valence-electron chi connectivity index (χ0n) is 14.6. The third-order valence-electron chi connectivity index (χ3n) is 6.61. The Bertz CT molecular complexity index is 601. The zero-order chi connectivity index (χ0) is 16.9. The highest BCUT2D eigenvalue weighted by Gasteiger charge is 2.54. The Morgan fingerprint density at radius 1 is 1.12 bits per heavy atom. The normalized spacial score (nSPS) is 38.4. The van der Waals surface area contributed by atoms with Crippen LogP contribution in [0.15, 0.2) is 11.1 Å². The Morgan fingerprint density at radius 2 is 1.88 bits per heavy atom. The van der Waals surface area contributed by atoms with E-state index in [1.54, 1.807) is 0 Å². The molecule has 3 atom stereocenters. The minimum absolute atomic E-state index is 0.0545. The summed E-state index contributed by atoms with van der Waals surface area (Å²) in [5, 5.41) is 0. The fraction of sp³-hybridized carbons (Fsp3) is 0.789. The van der Waals surface area contributed by atoms with Crippen molar-refractivity contribution in [3.05, 3.63) is 11.1 Å². The second-order valence-corrected chi connectivity index (χ2v) is 7.98. The zero-order valence-corrected chi connectivity index (χ0v) is 14.6. The van der Waals surface area contributed by atoms with E-state index in [0.29, 0.717) is 38.3 Å². The average molecular weight is 334 g/mol. The molecule has 0 aromatic carbocycles. The van der Waals surface area contributed by atoms with E-state index in [9.17, 15) is 9.59 Å². The summed E-state index contributed by atoms with van der Waals surface area (Å²) in [5.41, 5.74) is 1.79. The van der Waals surface area contributed by atoms with Crippen molar-refractivity contribution in [2.75, 3.05) is 19.8 Å². The summed E-state index contributed by atoms with van der Waals surface area (Å²) in [5.74, 6) is 0.116. The number of ether oxygens (including phenoxy) is 3. The van der Waals surface area contributed by atoms with Crippen LogP contribution in [0.5, 0.6) is 0 Å². The van der Waals surface area contributed by atoms with E-state index in [2.05, 4.69) is 6.92 Å². The van der Waals surface area contributed by atoms with Crippen LogP contribution >= 0.6 is 0 Å². The second kappa shape index (κ2) is 5.75. The average Bonchev–Trinajstić information content (AvgIpc) is 3.11. The van der Waals surface area contributed by atoms with Crippen LogP contribution in [-0.2, 0) is 23.8 Å². The molecule has 0 amide bonds. The number of carbonyl (C=O) groups is 2. The summed E-state index contributed by atoms with van der Waals surface area (Å²) in [6.45, 7) is 5.41. The quantitative estimate of drug-likeness (QED) is 0.794. The number of carbonyl (C=O) groups excluding carboxylic acids is 2. The molecule has 2 aliphatic carbocycles. The van der Waals surface area contributed by atoms with Gasteiger partial charge in [0.1, 0.15) is 12.4 Å². The van der Waals surface area contributed by atoms with E-state index < -0.39 is 5.79 Å². The van der Waals surface area contributed by atoms with Gasteiger partial charge in [-0.05, 0) is 43.8 Å². The number of fused-ring (bicyclic) bond motifs is 3. The van der Waals surface area contributed by atoms with Gasteiger partial charge in [-0.3, -0.25) is 9.59 Å². The van der Waals surface area contributed by atoms with Crippen LogP contribution in [0.3, 0.4) is 0 Å². The third-order valence-corrected chi connectivity index (χ3v) is 6.61. The van der Waals surface area contributed by atoms with E-state index >= 15 is 0 Å².